The number of para-hydroxylation sites is 2. The van der Waals surface area contributed by atoms with Crippen molar-refractivity contribution in [3.05, 3.63) is 206 Å². The summed E-state index contributed by atoms with van der Waals surface area (Å²) in [7, 11) is 0. The van der Waals surface area contributed by atoms with Gasteiger partial charge in [-0.3, -0.25) is 0 Å². The number of hydrogen-bond donors (Lipinski definition) is 0. The highest BCUT2D eigenvalue weighted by Gasteiger charge is 2.22. The smallest absolute Gasteiger partial charge is 0.0540 e. The van der Waals surface area contributed by atoms with Crippen LogP contribution >= 0.6 is 22.7 Å². The van der Waals surface area contributed by atoms with E-state index < -0.39 is 0 Å². The fraction of sp³-hybridized carbons (Fsp3) is 0. The lowest BCUT2D eigenvalue weighted by molar-refractivity contribution is 1.30. The average molecular weight is 775 g/mol. The lowest BCUT2D eigenvalue weighted by Crippen LogP contribution is -2.10. The largest absolute Gasteiger partial charge is 0.310 e. The van der Waals surface area contributed by atoms with Gasteiger partial charge in [0.1, 0.15) is 0 Å². The van der Waals surface area contributed by atoms with Crippen molar-refractivity contribution in [2.45, 2.75) is 0 Å². The molecule has 0 N–H and O–H groups in total. The standard InChI is InChI=1S/C54H34N2S2/c1-3-19-37(20-4-1)55(47-27-13-17-35-15-7-9-23-41(35)47)39-29-31-45-49(33-39)57-53-51(45)43-25-11-12-26-44(43)52-46-32-30-40(34-50(46)58-54(52)53)56(38-21-5-2-6-22-38)48-28-14-18-36-16-8-10-24-42(36)48/h1-34H. The Labute approximate surface area is 343 Å². The Bertz CT molecular complexity index is 3280. The number of anilines is 6. The second-order valence-electron chi connectivity index (χ2n) is 14.9. The molecule has 272 valence electrons. The molecule has 0 saturated heterocycles. The Morgan fingerprint density at radius 1 is 0.276 bits per heavy atom. The van der Waals surface area contributed by atoms with Gasteiger partial charge in [-0.25, -0.2) is 0 Å². The summed E-state index contributed by atoms with van der Waals surface area (Å²) in [5, 5.41) is 12.8. The first-order valence-electron chi connectivity index (χ1n) is 19.7. The van der Waals surface area contributed by atoms with E-state index in [4.69, 9.17) is 0 Å². The summed E-state index contributed by atoms with van der Waals surface area (Å²) in [5.41, 5.74) is 6.92. The monoisotopic (exact) mass is 774 g/mol. The van der Waals surface area contributed by atoms with Crippen LogP contribution < -0.4 is 9.80 Å². The highest BCUT2D eigenvalue weighted by Crippen LogP contribution is 2.51. The minimum absolute atomic E-state index is 1.14. The predicted octanol–water partition coefficient (Wildman–Crippen LogP) is 16.8. The van der Waals surface area contributed by atoms with Gasteiger partial charge in [-0.15, -0.1) is 22.7 Å². The first-order valence-corrected chi connectivity index (χ1v) is 21.3. The summed E-state index contributed by atoms with van der Waals surface area (Å²) in [6, 6.07) is 75.3. The van der Waals surface area contributed by atoms with Gasteiger partial charge in [-0.05, 0) is 82.2 Å². The Hall–Kier alpha value is -6.98. The second-order valence-corrected chi connectivity index (χ2v) is 17.0. The van der Waals surface area contributed by atoms with Crippen LogP contribution in [0, 0.1) is 0 Å². The van der Waals surface area contributed by atoms with Crippen molar-refractivity contribution < 1.29 is 0 Å². The molecule has 12 aromatic rings. The summed E-state index contributed by atoms with van der Waals surface area (Å²) in [4.78, 5) is 4.82. The zero-order chi connectivity index (χ0) is 38.2. The molecule has 0 bridgehead atoms. The predicted molar refractivity (Wildman–Crippen MR) is 254 cm³/mol. The first kappa shape index (κ1) is 33.2. The van der Waals surface area contributed by atoms with Crippen molar-refractivity contribution in [2.75, 3.05) is 9.80 Å². The molecule has 2 aromatic heterocycles. The highest BCUT2D eigenvalue weighted by atomic mass is 32.1. The Morgan fingerprint density at radius 3 is 1.10 bits per heavy atom. The van der Waals surface area contributed by atoms with Gasteiger partial charge in [0.2, 0.25) is 0 Å². The van der Waals surface area contributed by atoms with Gasteiger partial charge in [-0.2, -0.15) is 0 Å². The van der Waals surface area contributed by atoms with Crippen LogP contribution in [-0.4, -0.2) is 0 Å². The van der Waals surface area contributed by atoms with Gasteiger partial charge in [0, 0.05) is 64.5 Å². The van der Waals surface area contributed by atoms with Gasteiger partial charge in [0.25, 0.3) is 0 Å². The second kappa shape index (κ2) is 13.3. The minimum Gasteiger partial charge on any atom is -0.310 e. The summed E-state index contributed by atoms with van der Waals surface area (Å²) in [6.45, 7) is 0. The summed E-state index contributed by atoms with van der Waals surface area (Å²) in [6.07, 6.45) is 0. The van der Waals surface area contributed by atoms with Crippen molar-refractivity contribution in [3.8, 4) is 0 Å². The number of hydrogen-bond acceptors (Lipinski definition) is 4. The van der Waals surface area contributed by atoms with E-state index in [2.05, 4.69) is 216 Å². The molecule has 0 aliphatic carbocycles. The topological polar surface area (TPSA) is 6.48 Å². The maximum absolute atomic E-state index is 2.41. The van der Waals surface area contributed by atoms with E-state index in [0.717, 1.165) is 22.7 Å². The molecule has 0 amide bonds. The van der Waals surface area contributed by atoms with Gasteiger partial charge in [-0.1, -0.05) is 146 Å². The fourth-order valence-electron chi connectivity index (χ4n) is 9.04. The SMILES string of the molecule is c1ccc(N(c2ccc3c(c2)sc2c4sc5cc(N(c6ccccc6)c6cccc7ccccc67)ccc5c4c4ccccc4c32)c2cccc3ccccc23)cc1. The number of nitrogens with zero attached hydrogens (tertiary/aromatic N) is 2. The third-order valence-corrected chi connectivity index (χ3v) is 14.0. The van der Waals surface area contributed by atoms with Gasteiger partial charge >= 0.3 is 0 Å². The molecule has 0 atom stereocenters. The number of rotatable bonds is 6. The fourth-order valence-corrected chi connectivity index (χ4v) is 11.7. The molecule has 58 heavy (non-hydrogen) atoms. The molecule has 0 fully saturated rings. The lowest BCUT2D eigenvalue weighted by atomic mass is 9.98. The molecule has 0 aliphatic rings. The maximum atomic E-state index is 2.41. The molecule has 0 saturated carbocycles. The van der Waals surface area contributed by atoms with Crippen LogP contribution in [0.2, 0.25) is 0 Å². The van der Waals surface area contributed by atoms with Crippen molar-refractivity contribution in [2.24, 2.45) is 0 Å². The summed E-state index contributed by atoms with van der Waals surface area (Å²) >= 11 is 3.85. The Balaban J connectivity index is 1.08. The average Bonchev–Trinajstić information content (AvgIpc) is 3.87. The van der Waals surface area contributed by atoms with Gasteiger partial charge < -0.3 is 9.80 Å². The molecule has 0 aliphatic heterocycles. The van der Waals surface area contributed by atoms with E-state index in [-0.39, 0.29) is 0 Å². The quantitative estimate of drug-likeness (QED) is 0.166. The molecule has 2 heterocycles. The van der Waals surface area contributed by atoms with Crippen molar-refractivity contribution in [1.82, 2.24) is 0 Å². The first-order chi connectivity index (χ1) is 28.8. The molecule has 12 rings (SSSR count). The van der Waals surface area contributed by atoms with Crippen LogP contribution in [-0.2, 0) is 0 Å². The molecule has 2 nitrogen and oxygen atoms in total. The minimum atomic E-state index is 1.14. The van der Waals surface area contributed by atoms with E-state index in [9.17, 15) is 0 Å². The van der Waals surface area contributed by atoms with E-state index in [1.54, 1.807) is 0 Å². The molecular weight excluding hydrogens is 741 g/mol. The molecule has 0 spiro atoms. The number of thiophene rings is 2. The summed E-state index contributed by atoms with van der Waals surface area (Å²) in [5.74, 6) is 0. The van der Waals surface area contributed by atoms with E-state index in [0.29, 0.717) is 0 Å². The lowest BCUT2D eigenvalue weighted by Gasteiger charge is -2.27. The normalized spacial score (nSPS) is 11.8. The van der Waals surface area contributed by atoms with Crippen molar-refractivity contribution >= 4 is 129 Å². The van der Waals surface area contributed by atoms with Crippen molar-refractivity contribution in [3.63, 3.8) is 0 Å². The number of fused-ring (bicyclic) bond motifs is 12. The third kappa shape index (κ3) is 5.16. The molecule has 4 heteroatoms. The molecular formula is C54H34N2S2. The van der Waals surface area contributed by atoms with Crippen LogP contribution in [0.5, 0.6) is 0 Å². The Morgan fingerprint density at radius 2 is 0.655 bits per heavy atom. The third-order valence-electron chi connectivity index (χ3n) is 11.6. The van der Waals surface area contributed by atoms with Gasteiger partial charge in [0.05, 0.1) is 20.8 Å². The van der Waals surface area contributed by atoms with Crippen LogP contribution in [0.25, 0.3) is 72.7 Å². The van der Waals surface area contributed by atoms with E-state index in [1.165, 1.54) is 84.0 Å². The van der Waals surface area contributed by atoms with E-state index >= 15 is 0 Å². The van der Waals surface area contributed by atoms with Crippen LogP contribution in [0.15, 0.2) is 206 Å². The zero-order valence-electron chi connectivity index (χ0n) is 31.3. The maximum Gasteiger partial charge on any atom is 0.0540 e. The van der Waals surface area contributed by atoms with Crippen LogP contribution in [0.4, 0.5) is 34.1 Å². The zero-order valence-corrected chi connectivity index (χ0v) is 33.0. The highest BCUT2D eigenvalue weighted by molar-refractivity contribution is 7.33. The Kier molecular flexibility index (Phi) is 7.62. The van der Waals surface area contributed by atoms with Crippen LogP contribution in [0.1, 0.15) is 0 Å². The molecule has 0 unspecified atom stereocenters. The van der Waals surface area contributed by atoms with E-state index in [1.807, 2.05) is 22.7 Å². The van der Waals surface area contributed by atoms with Crippen LogP contribution in [0.3, 0.4) is 0 Å². The molecule has 0 radical (unpaired) electrons. The summed E-state index contributed by atoms with van der Waals surface area (Å²) < 4.78 is 5.29. The molecule has 10 aromatic carbocycles. The number of benzene rings is 10. The van der Waals surface area contributed by atoms with Crippen molar-refractivity contribution in [1.29, 1.82) is 0 Å². The van der Waals surface area contributed by atoms with Gasteiger partial charge in [0.15, 0.2) is 0 Å².